The van der Waals surface area contributed by atoms with Crippen LogP contribution in [0.4, 0.5) is 0 Å². The molecule has 1 unspecified atom stereocenters. The third-order valence-electron chi connectivity index (χ3n) is 4.61. The van der Waals surface area contributed by atoms with E-state index >= 15 is 0 Å². The fourth-order valence-electron chi connectivity index (χ4n) is 3.17. The van der Waals surface area contributed by atoms with E-state index in [0.29, 0.717) is 25.2 Å². The predicted octanol–water partition coefficient (Wildman–Crippen LogP) is 2.74. The Hall–Kier alpha value is -2.82. The SMILES string of the molecule is COc1ccc(C2CN(C(C)=O)CCN2C(=O)c2ccccc2)cc1. The second-order valence-electron chi connectivity index (χ2n) is 6.12. The average Bonchev–Trinajstić information content (AvgIpc) is 2.67. The predicted molar refractivity (Wildman–Crippen MR) is 95.5 cm³/mol. The zero-order valence-electron chi connectivity index (χ0n) is 14.5. The second kappa shape index (κ2) is 7.38. The largest absolute Gasteiger partial charge is 0.497 e. The molecule has 0 saturated carbocycles. The topological polar surface area (TPSA) is 49.9 Å². The van der Waals surface area contributed by atoms with E-state index in [9.17, 15) is 9.59 Å². The number of hydrogen-bond acceptors (Lipinski definition) is 3. The molecule has 0 N–H and O–H groups in total. The molecule has 1 atom stereocenters. The molecule has 1 fully saturated rings. The molecule has 1 heterocycles. The quantitative estimate of drug-likeness (QED) is 0.865. The lowest BCUT2D eigenvalue weighted by molar-refractivity contribution is -0.131. The highest BCUT2D eigenvalue weighted by Crippen LogP contribution is 2.28. The van der Waals surface area contributed by atoms with Crippen LogP contribution in [0.1, 0.15) is 28.9 Å². The zero-order chi connectivity index (χ0) is 17.8. The highest BCUT2D eigenvalue weighted by atomic mass is 16.5. The van der Waals surface area contributed by atoms with E-state index in [2.05, 4.69) is 0 Å². The number of benzene rings is 2. The molecule has 0 aliphatic carbocycles. The number of piperazine rings is 1. The van der Waals surface area contributed by atoms with Crippen molar-refractivity contribution in [3.63, 3.8) is 0 Å². The molecule has 25 heavy (non-hydrogen) atoms. The van der Waals surface area contributed by atoms with E-state index in [1.54, 1.807) is 18.9 Å². The van der Waals surface area contributed by atoms with Crippen molar-refractivity contribution in [3.8, 4) is 5.75 Å². The summed E-state index contributed by atoms with van der Waals surface area (Å²) in [6, 6.07) is 16.8. The van der Waals surface area contributed by atoms with E-state index in [-0.39, 0.29) is 17.9 Å². The molecule has 1 saturated heterocycles. The first kappa shape index (κ1) is 17.0. The highest BCUT2D eigenvalue weighted by molar-refractivity contribution is 5.94. The zero-order valence-corrected chi connectivity index (χ0v) is 14.5. The maximum absolute atomic E-state index is 13.0. The van der Waals surface area contributed by atoms with Crippen LogP contribution >= 0.6 is 0 Å². The Morgan fingerprint density at radius 2 is 1.68 bits per heavy atom. The molecule has 1 aliphatic rings. The first-order chi connectivity index (χ1) is 12.1. The molecule has 2 aromatic rings. The van der Waals surface area contributed by atoms with Gasteiger partial charge in [-0.1, -0.05) is 30.3 Å². The lowest BCUT2D eigenvalue weighted by atomic mass is 10.0. The highest BCUT2D eigenvalue weighted by Gasteiger charge is 2.33. The van der Waals surface area contributed by atoms with Gasteiger partial charge in [0.2, 0.25) is 5.91 Å². The average molecular weight is 338 g/mol. The van der Waals surface area contributed by atoms with Gasteiger partial charge in [0, 0.05) is 32.1 Å². The van der Waals surface area contributed by atoms with E-state index in [1.807, 2.05) is 59.5 Å². The molecule has 5 heteroatoms. The van der Waals surface area contributed by atoms with Gasteiger partial charge >= 0.3 is 0 Å². The van der Waals surface area contributed by atoms with Crippen LogP contribution < -0.4 is 4.74 Å². The van der Waals surface area contributed by atoms with Crippen LogP contribution in [0.3, 0.4) is 0 Å². The minimum absolute atomic E-state index is 0.00961. The summed E-state index contributed by atoms with van der Waals surface area (Å²) < 4.78 is 5.21. The van der Waals surface area contributed by atoms with Crippen LogP contribution in [0.15, 0.2) is 54.6 Å². The first-order valence-electron chi connectivity index (χ1n) is 8.35. The summed E-state index contributed by atoms with van der Waals surface area (Å²) in [5.41, 5.74) is 1.66. The smallest absolute Gasteiger partial charge is 0.254 e. The number of ether oxygens (including phenoxy) is 1. The molecular weight excluding hydrogens is 316 g/mol. The standard InChI is InChI=1S/C20H22N2O3/c1-15(23)21-12-13-22(20(24)17-6-4-3-5-7-17)19(14-21)16-8-10-18(25-2)11-9-16/h3-11,19H,12-14H2,1-2H3. The molecule has 0 radical (unpaired) electrons. The summed E-state index contributed by atoms with van der Waals surface area (Å²) in [4.78, 5) is 28.5. The number of hydrogen-bond donors (Lipinski definition) is 0. The minimum Gasteiger partial charge on any atom is -0.497 e. The molecule has 0 bridgehead atoms. The van der Waals surface area contributed by atoms with E-state index in [0.717, 1.165) is 11.3 Å². The van der Waals surface area contributed by atoms with E-state index < -0.39 is 0 Å². The van der Waals surface area contributed by atoms with Crippen LogP contribution in [0, 0.1) is 0 Å². The number of amides is 2. The van der Waals surface area contributed by atoms with Crippen LogP contribution in [0.25, 0.3) is 0 Å². The number of carbonyl (C=O) groups is 2. The summed E-state index contributed by atoms with van der Waals surface area (Å²) in [6.07, 6.45) is 0. The van der Waals surface area contributed by atoms with Crippen molar-refractivity contribution >= 4 is 11.8 Å². The fourth-order valence-corrected chi connectivity index (χ4v) is 3.17. The van der Waals surface area contributed by atoms with Crippen LogP contribution in [0.2, 0.25) is 0 Å². The Morgan fingerprint density at radius 1 is 1.00 bits per heavy atom. The maximum atomic E-state index is 13.0. The van der Waals surface area contributed by atoms with Gasteiger partial charge in [-0.2, -0.15) is 0 Å². The number of rotatable bonds is 3. The Labute approximate surface area is 147 Å². The van der Waals surface area contributed by atoms with Gasteiger partial charge in [0.1, 0.15) is 5.75 Å². The van der Waals surface area contributed by atoms with Gasteiger partial charge in [0.05, 0.1) is 13.2 Å². The summed E-state index contributed by atoms with van der Waals surface area (Å²) in [5, 5.41) is 0. The Kier molecular flexibility index (Phi) is 5.03. The molecule has 0 aromatic heterocycles. The van der Waals surface area contributed by atoms with Crippen LogP contribution in [-0.2, 0) is 4.79 Å². The van der Waals surface area contributed by atoms with Crippen molar-refractivity contribution in [1.82, 2.24) is 9.80 Å². The summed E-state index contributed by atoms with van der Waals surface area (Å²) in [7, 11) is 1.62. The Balaban J connectivity index is 1.91. The molecule has 1 aliphatic heterocycles. The third-order valence-corrected chi connectivity index (χ3v) is 4.61. The summed E-state index contributed by atoms with van der Waals surface area (Å²) in [5.74, 6) is 0.791. The van der Waals surface area contributed by atoms with Gasteiger partial charge in [0.15, 0.2) is 0 Å². The van der Waals surface area contributed by atoms with Crippen LogP contribution in [-0.4, -0.2) is 48.4 Å². The number of methoxy groups -OCH3 is 1. The van der Waals surface area contributed by atoms with Gasteiger partial charge < -0.3 is 14.5 Å². The summed E-state index contributed by atoms with van der Waals surface area (Å²) >= 11 is 0. The molecule has 0 spiro atoms. The number of nitrogens with zero attached hydrogens (tertiary/aromatic N) is 2. The van der Waals surface area contributed by atoms with Crippen molar-refractivity contribution in [1.29, 1.82) is 0 Å². The van der Waals surface area contributed by atoms with Gasteiger partial charge in [0.25, 0.3) is 5.91 Å². The van der Waals surface area contributed by atoms with E-state index in [4.69, 9.17) is 4.74 Å². The molecule has 2 aromatic carbocycles. The molecular formula is C20H22N2O3. The van der Waals surface area contributed by atoms with Crippen molar-refractivity contribution in [2.75, 3.05) is 26.7 Å². The third kappa shape index (κ3) is 3.65. The normalized spacial score (nSPS) is 17.3. The monoisotopic (exact) mass is 338 g/mol. The van der Waals surface area contributed by atoms with Crippen molar-refractivity contribution in [3.05, 3.63) is 65.7 Å². The molecule has 3 rings (SSSR count). The molecule has 130 valence electrons. The lowest BCUT2D eigenvalue weighted by Crippen LogP contribution is -2.51. The van der Waals surface area contributed by atoms with Gasteiger partial charge in [-0.3, -0.25) is 9.59 Å². The fraction of sp³-hybridized carbons (Fsp3) is 0.300. The number of carbonyl (C=O) groups excluding carboxylic acids is 2. The first-order valence-corrected chi connectivity index (χ1v) is 8.35. The Morgan fingerprint density at radius 3 is 2.28 bits per heavy atom. The molecule has 5 nitrogen and oxygen atoms in total. The maximum Gasteiger partial charge on any atom is 0.254 e. The minimum atomic E-state index is -0.170. The van der Waals surface area contributed by atoms with Gasteiger partial charge in [-0.05, 0) is 29.8 Å². The van der Waals surface area contributed by atoms with Gasteiger partial charge in [-0.15, -0.1) is 0 Å². The second-order valence-corrected chi connectivity index (χ2v) is 6.12. The van der Waals surface area contributed by atoms with Gasteiger partial charge in [-0.25, -0.2) is 0 Å². The van der Waals surface area contributed by atoms with Crippen molar-refractivity contribution in [2.45, 2.75) is 13.0 Å². The van der Waals surface area contributed by atoms with E-state index in [1.165, 1.54) is 0 Å². The molecule has 2 amide bonds. The van der Waals surface area contributed by atoms with Crippen molar-refractivity contribution in [2.24, 2.45) is 0 Å². The lowest BCUT2D eigenvalue weighted by Gasteiger charge is -2.41. The van der Waals surface area contributed by atoms with Crippen molar-refractivity contribution < 1.29 is 14.3 Å². The summed E-state index contributed by atoms with van der Waals surface area (Å²) in [6.45, 7) is 3.14. The van der Waals surface area contributed by atoms with Crippen LogP contribution in [0.5, 0.6) is 5.75 Å². The Bertz CT molecular complexity index is 743.